The number of likely N-dealkylation sites (tertiary alicyclic amines) is 1. The number of hydrogen-bond acceptors (Lipinski definition) is 4. The molecule has 2 aliphatic heterocycles. The summed E-state index contributed by atoms with van der Waals surface area (Å²) in [4.78, 5) is 32.5. The number of furan rings is 1. The predicted molar refractivity (Wildman–Crippen MR) is 107 cm³/mol. The second-order valence-electron chi connectivity index (χ2n) is 8.67. The third-order valence-corrected chi connectivity index (χ3v) is 6.91. The number of carbonyl (C=O) groups is 2. The lowest BCUT2D eigenvalue weighted by molar-refractivity contribution is -0.143. The van der Waals surface area contributed by atoms with Crippen LogP contribution in [0.4, 0.5) is 0 Å². The Hall–Kier alpha value is -1.82. The van der Waals surface area contributed by atoms with Crippen LogP contribution in [0.3, 0.4) is 0 Å². The van der Waals surface area contributed by atoms with Crippen molar-refractivity contribution in [1.82, 2.24) is 14.7 Å². The van der Waals surface area contributed by atoms with Gasteiger partial charge < -0.3 is 14.2 Å². The molecule has 4 rings (SSSR count). The van der Waals surface area contributed by atoms with Crippen LogP contribution in [0.25, 0.3) is 0 Å². The van der Waals surface area contributed by atoms with Gasteiger partial charge in [-0.2, -0.15) is 0 Å². The highest BCUT2D eigenvalue weighted by Gasteiger charge is 2.40. The standard InChI is InChI=1S/C22H33N3O3/c1-17-7-4-5-11-25(17)22(27)20(18-8-2-3-9-18)23-12-14-24(15-13-23)21(26)19-10-6-16-28-19/h6,10,16-18,20H,2-5,7-9,11-15H2,1H3/t17-,20+/m0/s1. The largest absolute Gasteiger partial charge is 0.459 e. The van der Waals surface area contributed by atoms with Crippen LogP contribution in [0.1, 0.15) is 62.4 Å². The molecular formula is C22H33N3O3. The molecule has 1 aromatic rings. The molecule has 2 atom stereocenters. The van der Waals surface area contributed by atoms with E-state index < -0.39 is 0 Å². The Balaban J connectivity index is 1.44. The second kappa shape index (κ2) is 8.68. The minimum Gasteiger partial charge on any atom is -0.459 e. The van der Waals surface area contributed by atoms with Gasteiger partial charge in [-0.15, -0.1) is 0 Å². The van der Waals surface area contributed by atoms with Gasteiger partial charge in [0.05, 0.1) is 12.3 Å². The molecule has 3 fully saturated rings. The van der Waals surface area contributed by atoms with E-state index in [1.807, 2.05) is 4.90 Å². The van der Waals surface area contributed by atoms with Crippen LogP contribution >= 0.6 is 0 Å². The van der Waals surface area contributed by atoms with Crippen LogP contribution < -0.4 is 0 Å². The number of nitrogens with zero attached hydrogens (tertiary/aromatic N) is 3. The first-order valence-corrected chi connectivity index (χ1v) is 11.0. The van der Waals surface area contributed by atoms with E-state index in [4.69, 9.17) is 4.42 Å². The van der Waals surface area contributed by atoms with Crippen molar-refractivity contribution in [2.75, 3.05) is 32.7 Å². The van der Waals surface area contributed by atoms with E-state index in [0.717, 1.165) is 45.3 Å². The van der Waals surface area contributed by atoms with E-state index >= 15 is 0 Å². The van der Waals surface area contributed by atoms with Crippen molar-refractivity contribution in [2.45, 2.75) is 64.0 Å². The Morgan fingerprint density at radius 2 is 1.71 bits per heavy atom. The van der Waals surface area contributed by atoms with Gasteiger partial charge >= 0.3 is 0 Å². The second-order valence-corrected chi connectivity index (χ2v) is 8.67. The number of hydrogen-bond donors (Lipinski definition) is 0. The molecule has 0 aromatic carbocycles. The fourth-order valence-corrected chi connectivity index (χ4v) is 5.28. The minimum absolute atomic E-state index is 0.0103. The molecule has 0 N–H and O–H groups in total. The van der Waals surface area contributed by atoms with Gasteiger partial charge in [0.2, 0.25) is 5.91 Å². The summed E-state index contributed by atoms with van der Waals surface area (Å²) in [5, 5.41) is 0. The molecule has 0 bridgehead atoms. The molecule has 6 nitrogen and oxygen atoms in total. The lowest BCUT2D eigenvalue weighted by atomic mass is 9.92. The van der Waals surface area contributed by atoms with Gasteiger partial charge in [0.25, 0.3) is 5.91 Å². The van der Waals surface area contributed by atoms with Gasteiger partial charge in [0.1, 0.15) is 0 Å². The van der Waals surface area contributed by atoms with Crippen molar-refractivity contribution in [3.63, 3.8) is 0 Å². The Morgan fingerprint density at radius 1 is 1.00 bits per heavy atom. The van der Waals surface area contributed by atoms with Gasteiger partial charge in [0, 0.05) is 38.8 Å². The summed E-state index contributed by atoms with van der Waals surface area (Å²) in [5.74, 6) is 1.16. The highest BCUT2D eigenvalue weighted by atomic mass is 16.3. The molecule has 3 heterocycles. The molecule has 28 heavy (non-hydrogen) atoms. The lowest BCUT2D eigenvalue weighted by Crippen LogP contribution is -2.60. The Kier molecular flexibility index (Phi) is 6.04. The number of carbonyl (C=O) groups excluding carboxylic acids is 2. The number of piperazine rings is 1. The average molecular weight is 388 g/mol. The Morgan fingerprint density at radius 3 is 2.36 bits per heavy atom. The van der Waals surface area contributed by atoms with Crippen LogP contribution in [0, 0.1) is 5.92 Å². The van der Waals surface area contributed by atoms with E-state index in [-0.39, 0.29) is 11.9 Å². The van der Waals surface area contributed by atoms with Crippen molar-refractivity contribution in [2.24, 2.45) is 5.92 Å². The molecule has 2 amide bonds. The maximum absolute atomic E-state index is 13.6. The van der Waals surface area contributed by atoms with E-state index in [2.05, 4.69) is 16.7 Å². The summed E-state index contributed by atoms with van der Waals surface area (Å²) >= 11 is 0. The summed E-state index contributed by atoms with van der Waals surface area (Å²) in [5.41, 5.74) is 0. The molecule has 1 aromatic heterocycles. The van der Waals surface area contributed by atoms with Crippen LogP contribution in [0.5, 0.6) is 0 Å². The SMILES string of the molecule is C[C@H]1CCCCN1C(=O)[C@@H](C1CCCC1)N1CCN(C(=O)c2ccco2)CC1. The van der Waals surface area contributed by atoms with Gasteiger partial charge in [-0.05, 0) is 57.1 Å². The van der Waals surface area contributed by atoms with Gasteiger partial charge in [0.15, 0.2) is 5.76 Å². The first-order valence-electron chi connectivity index (χ1n) is 11.0. The highest BCUT2D eigenvalue weighted by Crippen LogP contribution is 2.33. The summed E-state index contributed by atoms with van der Waals surface area (Å²) in [7, 11) is 0. The fourth-order valence-electron chi connectivity index (χ4n) is 5.28. The van der Waals surface area contributed by atoms with E-state index in [1.165, 1.54) is 25.5 Å². The van der Waals surface area contributed by atoms with E-state index in [1.54, 1.807) is 12.1 Å². The molecule has 0 unspecified atom stereocenters. The van der Waals surface area contributed by atoms with Crippen molar-refractivity contribution >= 4 is 11.8 Å². The topological polar surface area (TPSA) is 57.0 Å². The third kappa shape index (κ3) is 3.97. The summed E-state index contributed by atoms with van der Waals surface area (Å²) < 4.78 is 5.27. The van der Waals surface area contributed by atoms with Crippen LogP contribution in [0.15, 0.2) is 22.8 Å². The molecule has 0 spiro atoms. The Labute approximate surface area is 167 Å². The maximum Gasteiger partial charge on any atom is 0.289 e. The summed E-state index contributed by atoms with van der Waals surface area (Å²) in [6.07, 6.45) is 9.80. The molecule has 6 heteroatoms. The molecular weight excluding hydrogens is 354 g/mol. The summed E-state index contributed by atoms with van der Waals surface area (Å²) in [6, 6.07) is 3.81. The number of rotatable bonds is 4. The average Bonchev–Trinajstić information content (AvgIpc) is 3.43. The van der Waals surface area contributed by atoms with Crippen molar-refractivity contribution in [1.29, 1.82) is 0 Å². The highest BCUT2D eigenvalue weighted by molar-refractivity contribution is 5.91. The van der Waals surface area contributed by atoms with Crippen molar-refractivity contribution in [3.05, 3.63) is 24.2 Å². The monoisotopic (exact) mass is 387 g/mol. The first-order chi connectivity index (χ1) is 13.6. The first kappa shape index (κ1) is 19.5. The molecule has 3 aliphatic rings. The van der Waals surface area contributed by atoms with Crippen LogP contribution in [-0.4, -0.2) is 71.3 Å². The zero-order valence-electron chi connectivity index (χ0n) is 17.0. The predicted octanol–water partition coefficient (Wildman–Crippen LogP) is 3.00. The quantitative estimate of drug-likeness (QED) is 0.797. The molecule has 154 valence electrons. The minimum atomic E-state index is -0.0435. The van der Waals surface area contributed by atoms with Crippen LogP contribution in [-0.2, 0) is 4.79 Å². The van der Waals surface area contributed by atoms with E-state index in [0.29, 0.717) is 36.7 Å². The van der Waals surface area contributed by atoms with E-state index in [9.17, 15) is 9.59 Å². The van der Waals surface area contributed by atoms with Gasteiger partial charge in [-0.25, -0.2) is 0 Å². The van der Waals surface area contributed by atoms with Crippen molar-refractivity contribution in [3.8, 4) is 0 Å². The van der Waals surface area contributed by atoms with Gasteiger partial charge in [-0.1, -0.05) is 12.8 Å². The van der Waals surface area contributed by atoms with Crippen LogP contribution in [0.2, 0.25) is 0 Å². The normalized spacial score (nSPS) is 25.8. The maximum atomic E-state index is 13.6. The molecule has 1 saturated carbocycles. The number of amides is 2. The smallest absolute Gasteiger partial charge is 0.289 e. The summed E-state index contributed by atoms with van der Waals surface area (Å²) in [6.45, 7) is 5.95. The molecule has 0 radical (unpaired) electrons. The van der Waals surface area contributed by atoms with Crippen molar-refractivity contribution < 1.29 is 14.0 Å². The van der Waals surface area contributed by atoms with Gasteiger partial charge in [-0.3, -0.25) is 14.5 Å². The molecule has 1 aliphatic carbocycles. The zero-order chi connectivity index (χ0) is 19.5. The lowest BCUT2D eigenvalue weighted by Gasteiger charge is -2.44. The third-order valence-electron chi connectivity index (χ3n) is 6.91. The number of piperidine rings is 1. The Bertz CT molecular complexity index is 661. The fraction of sp³-hybridized carbons (Fsp3) is 0.727. The zero-order valence-corrected chi connectivity index (χ0v) is 17.0. The molecule has 2 saturated heterocycles.